The van der Waals surface area contributed by atoms with Crippen molar-refractivity contribution in [1.29, 1.82) is 0 Å². The van der Waals surface area contributed by atoms with E-state index in [1.54, 1.807) is 12.1 Å². The summed E-state index contributed by atoms with van der Waals surface area (Å²) in [5.74, 6) is 1.48. The molecule has 0 aliphatic rings. The van der Waals surface area contributed by atoms with Gasteiger partial charge in [-0.05, 0) is 37.6 Å². The summed E-state index contributed by atoms with van der Waals surface area (Å²) in [5.41, 5.74) is 1.96. The predicted octanol–water partition coefficient (Wildman–Crippen LogP) is 4.09. The minimum Gasteiger partial charge on any atom is -0.505 e. The molecule has 0 fully saturated rings. The standard InChI is InChI=1S/C19H23N3O3/c1-3-5-6-11-25-15-8-10-18(19(23)13-15)22-20-16-9-7-14(24-4-2)12-17(16)21-22/h7-10,12-13,23H,3-6,11H2,1-2H3. The SMILES string of the molecule is CCCCCOc1ccc(-n2nc3ccc(OCC)cc3n2)c(O)c1. The van der Waals surface area contributed by atoms with Crippen LogP contribution in [0.3, 0.4) is 0 Å². The van der Waals surface area contributed by atoms with Crippen LogP contribution in [0.4, 0.5) is 0 Å². The molecule has 132 valence electrons. The summed E-state index contributed by atoms with van der Waals surface area (Å²) in [6, 6.07) is 10.7. The van der Waals surface area contributed by atoms with Gasteiger partial charge < -0.3 is 14.6 Å². The van der Waals surface area contributed by atoms with Gasteiger partial charge >= 0.3 is 0 Å². The van der Waals surface area contributed by atoms with Gasteiger partial charge in [-0.1, -0.05) is 19.8 Å². The minimum atomic E-state index is 0.0818. The van der Waals surface area contributed by atoms with E-state index in [-0.39, 0.29) is 5.75 Å². The Morgan fingerprint density at radius 1 is 0.920 bits per heavy atom. The van der Waals surface area contributed by atoms with Crippen molar-refractivity contribution in [2.24, 2.45) is 0 Å². The summed E-state index contributed by atoms with van der Waals surface area (Å²) in [6.07, 6.45) is 3.29. The molecule has 3 aromatic rings. The summed E-state index contributed by atoms with van der Waals surface area (Å²) in [6.45, 7) is 5.33. The Hall–Kier alpha value is -2.76. The fraction of sp³-hybridized carbons (Fsp3) is 0.368. The van der Waals surface area contributed by atoms with Gasteiger partial charge in [0.2, 0.25) is 0 Å². The van der Waals surface area contributed by atoms with Gasteiger partial charge in [0, 0.05) is 12.1 Å². The molecule has 2 aromatic carbocycles. The summed E-state index contributed by atoms with van der Waals surface area (Å²) < 4.78 is 11.1. The quantitative estimate of drug-likeness (QED) is 0.625. The van der Waals surface area contributed by atoms with Crippen molar-refractivity contribution in [2.75, 3.05) is 13.2 Å². The van der Waals surface area contributed by atoms with Crippen LogP contribution in [0, 0.1) is 0 Å². The van der Waals surface area contributed by atoms with Crippen molar-refractivity contribution in [2.45, 2.75) is 33.1 Å². The number of benzene rings is 2. The van der Waals surface area contributed by atoms with Crippen LogP contribution in [0.2, 0.25) is 0 Å². The molecule has 3 rings (SSSR count). The predicted molar refractivity (Wildman–Crippen MR) is 96.7 cm³/mol. The van der Waals surface area contributed by atoms with Crippen LogP contribution in [-0.2, 0) is 0 Å². The van der Waals surface area contributed by atoms with Crippen LogP contribution < -0.4 is 9.47 Å². The second-order valence-electron chi connectivity index (χ2n) is 5.78. The maximum atomic E-state index is 10.3. The molecule has 25 heavy (non-hydrogen) atoms. The van der Waals surface area contributed by atoms with Crippen LogP contribution in [0.5, 0.6) is 17.2 Å². The Morgan fingerprint density at radius 3 is 2.44 bits per heavy atom. The van der Waals surface area contributed by atoms with Crippen molar-refractivity contribution in [3.05, 3.63) is 36.4 Å². The average Bonchev–Trinajstić information content (AvgIpc) is 3.02. The molecule has 0 aliphatic carbocycles. The number of fused-ring (bicyclic) bond motifs is 1. The highest BCUT2D eigenvalue weighted by molar-refractivity contribution is 5.75. The van der Waals surface area contributed by atoms with Gasteiger partial charge in [0.15, 0.2) is 0 Å². The number of aromatic hydroxyl groups is 1. The van der Waals surface area contributed by atoms with E-state index in [2.05, 4.69) is 17.1 Å². The van der Waals surface area contributed by atoms with Crippen LogP contribution in [-0.4, -0.2) is 33.3 Å². The third-order valence-electron chi connectivity index (χ3n) is 3.84. The fourth-order valence-electron chi connectivity index (χ4n) is 2.56. The number of hydrogen-bond donors (Lipinski definition) is 1. The topological polar surface area (TPSA) is 69.4 Å². The molecule has 0 saturated heterocycles. The average molecular weight is 341 g/mol. The van der Waals surface area contributed by atoms with Crippen LogP contribution in [0.25, 0.3) is 16.7 Å². The molecule has 6 nitrogen and oxygen atoms in total. The van der Waals surface area contributed by atoms with Gasteiger partial charge in [-0.25, -0.2) is 0 Å². The number of nitrogens with zero attached hydrogens (tertiary/aromatic N) is 3. The minimum absolute atomic E-state index is 0.0818. The molecular weight excluding hydrogens is 318 g/mol. The van der Waals surface area contributed by atoms with Gasteiger partial charge in [-0.3, -0.25) is 0 Å². The number of ether oxygens (including phenoxy) is 2. The molecule has 6 heteroatoms. The van der Waals surface area contributed by atoms with Crippen molar-refractivity contribution in [3.63, 3.8) is 0 Å². The van der Waals surface area contributed by atoms with Crippen LogP contribution >= 0.6 is 0 Å². The van der Waals surface area contributed by atoms with E-state index in [1.807, 2.05) is 31.2 Å². The van der Waals surface area contributed by atoms with Gasteiger partial charge in [0.05, 0.1) is 13.2 Å². The molecule has 0 saturated carbocycles. The summed E-state index contributed by atoms with van der Waals surface area (Å²) >= 11 is 0. The molecule has 0 radical (unpaired) electrons. The molecule has 1 aromatic heterocycles. The molecule has 1 N–H and O–H groups in total. The maximum absolute atomic E-state index is 10.3. The Bertz CT molecular complexity index is 845. The summed E-state index contributed by atoms with van der Waals surface area (Å²) in [5, 5.41) is 19.1. The summed E-state index contributed by atoms with van der Waals surface area (Å²) in [7, 11) is 0. The van der Waals surface area contributed by atoms with Crippen molar-refractivity contribution >= 4 is 11.0 Å². The lowest BCUT2D eigenvalue weighted by atomic mass is 10.2. The highest BCUT2D eigenvalue weighted by atomic mass is 16.5. The molecule has 0 atom stereocenters. The van der Waals surface area contributed by atoms with Gasteiger partial charge in [0.25, 0.3) is 0 Å². The van der Waals surface area contributed by atoms with Gasteiger partial charge in [-0.2, -0.15) is 0 Å². The smallest absolute Gasteiger partial charge is 0.146 e. The first-order valence-corrected chi connectivity index (χ1v) is 8.67. The second-order valence-corrected chi connectivity index (χ2v) is 5.78. The fourth-order valence-corrected chi connectivity index (χ4v) is 2.56. The number of hydrogen-bond acceptors (Lipinski definition) is 5. The maximum Gasteiger partial charge on any atom is 0.146 e. The van der Waals surface area contributed by atoms with E-state index < -0.39 is 0 Å². The largest absolute Gasteiger partial charge is 0.505 e. The highest BCUT2D eigenvalue weighted by Crippen LogP contribution is 2.27. The zero-order chi connectivity index (χ0) is 17.6. The Labute approximate surface area is 147 Å². The molecular formula is C19H23N3O3. The van der Waals surface area contributed by atoms with Crippen molar-refractivity contribution in [3.8, 4) is 22.9 Å². The lowest BCUT2D eigenvalue weighted by Crippen LogP contribution is -2.01. The van der Waals surface area contributed by atoms with Crippen LogP contribution in [0.15, 0.2) is 36.4 Å². The molecule has 0 aliphatic heterocycles. The van der Waals surface area contributed by atoms with E-state index in [9.17, 15) is 5.11 Å². The molecule has 1 heterocycles. The third kappa shape index (κ3) is 4.02. The van der Waals surface area contributed by atoms with E-state index in [0.29, 0.717) is 30.2 Å². The number of phenols is 1. The third-order valence-corrected chi connectivity index (χ3v) is 3.84. The zero-order valence-corrected chi connectivity index (χ0v) is 14.6. The molecule has 0 bridgehead atoms. The Balaban J connectivity index is 1.80. The number of phenolic OH excluding ortho intramolecular Hbond substituents is 1. The molecule has 0 spiro atoms. The first-order valence-electron chi connectivity index (χ1n) is 8.67. The highest BCUT2D eigenvalue weighted by Gasteiger charge is 2.11. The number of unbranched alkanes of at least 4 members (excludes halogenated alkanes) is 2. The normalized spacial score (nSPS) is 11.0. The first kappa shape index (κ1) is 17.1. The monoisotopic (exact) mass is 341 g/mol. The number of aromatic nitrogens is 3. The Kier molecular flexibility index (Phi) is 5.38. The van der Waals surface area contributed by atoms with E-state index in [1.165, 1.54) is 4.80 Å². The molecule has 0 amide bonds. The van der Waals surface area contributed by atoms with E-state index >= 15 is 0 Å². The lowest BCUT2D eigenvalue weighted by Gasteiger charge is -2.08. The van der Waals surface area contributed by atoms with Crippen molar-refractivity contribution < 1.29 is 14.6 Å². The zero-order valence-electron chi connectivity index (χ0n) is 14.6. The Morgan fingerprint density at radius 2 is 1.68 bits per heavy atom. The summed E-state index contributed by atoms with van der Waals surface area (Å²) in [4.78, 5) is 1.43. The van der Waals surface area contributed by atoms with Gasteiger partial charge in [0.1, 0.15) is 34.0 Å². The van der Waals surface area contributed by atoms with Crippen LogP contribution in [0.1, 0.15) is 33.1 Å². The van der Waals surface area contributed by atoms with E-state index in [4.69, 9.17) is 9.47 Å². The molecule has 0 unspecified atom stereocenters. The van der Waals surface area contributed by atoms with Crippen molar-refractivity contribution in [1.82, 2.24) is 15.0 Å². The van der Waals surface area contributed by atoms with Gasteiger partial charge in [-0.15, -0.1) is 15.0 Å². The second kappa shape index (κ2) is 7.88. The van der Waals surface area contributed by atoms with E-state index in [0.717, 1.165) is 30.5 Å². The number of rotatable bonds is 8. The lowest BCUT2D eigenvalue weighted by molar-refractivity contribution is 0.304. The first-order chi connectivity index (χ1) is 12.2.